The molecule has 4 nitrogen and oxygen atoms in total. The van der Waals surface area contributed by atoms with Crippen molar-refractivity contribution in [1.82, 2.24) is 19.5 Å². The molecule has 0 aliphatic rings. The van der Waals surface area contributed by atoms with Gasteiger partial charge in [-0.25, -0.2) is 15.0 Å². The number of hydrogen-bond acceptors (Lipinski definition) is 3. The fraction of sp³-hybridized carbons (Fsp3) is 0. The Kier molecular flexibility index (Phi) is 8.45. The molecule has 59 heavy (non-hydrogen) atoms. The SMILES string of the molecule is c1ccc(-c2ccc(-c3nc(-c4ccccc4-c4ccccc4)nc(-c4ccc(-c5ccccc5)c5ccccc45)n3)c(-n3c4ccccc4c4ccccc43)c2)cc1. The minimum absolute atomic E-state index is 0.598. The molecule has 0 spiro atoms. The first-order valence-corrected chi connectivity index (χ1v) is 20.0. The minimum Gasteiger partial charge on any atom is -0.308 e. The van der Waals surface area contributed by atoms with Crippen LogP contribution < -0.4 is 0 Å². The van der Waals surface area contributed by atoms with Crippen molar-refractivity contribution in [3.05, 3.63) is 218 Å². The minimum atomic E-state index is 0.598. The number of para-hydroxylation sites is 2. The van der Waals surface area contributed by atoms with Gasteiger partial charge in [0, 0.05) is 27.5 Å². The van der Waals surface area contributed by atoms with Gasteiger partial charge in [-0.3, -0.25) is 0 Å². The molecule has 2 heterocycles. The molecule has 11 rings (SSSR count). The van der Waals surface area contributed by atoms with Gasteiger partial charge in [-0.1, -0.05) is 188 Å². The second-order valence-electron chi connectivity index (χ2n) is 14.8. The number of benzene rings is 9. The van der Waals surface area contributed by atoms with E-state index < -0.39 is 0 Å². The van der Waals surface area contributed by atoms with Crippen LogP contribution in [0.15, 0.2) is 218 Å². The smallest absolute Gasteiger partial charge is 0.166 e. The van der Waals surface area contributed by atoms with Crippen LogP contribution in [0.4, 0.5) is 0 Å². The first kappa shape index (κ1) is 34.3. The lowest BCUT2D eigenvalue weighted by molar-refractivity contribution is 1.07. The molecule has 0 aliphatic heterocycles. The van der Waals surface area contributed by atoms with E-state index in [4.69, 9.17) is 15.0 Å². The lowest BCUT2D eigenvalue weighted by Crippen LogP contribution is -2.05. The molecule has 0 saturated carbocycles. The molecule has 0 unspecified atom stereocenters. The van der Waals surface area contributed by atoms with Crippen LogP contribution in [0, 0.1) is 0 Å². The van der Waals surface area contributed by atoms with Crippen LogP contribution in [0.3, 0.4) is 0 Å². The van der Waals surface area contributed by atoms with Crippen molar-refractivity contribution in [2.45, 2.75) is 0 Å². The van der Waals surface area contributed by atoms with Crippen LogP contribution in [0.2, 0.25) is 0 Å². The van der Waals surface area contributed by atoms with E-state index in [1.54, 1.807) is 0 Å². The fourth-order valence-electron chi connectivity index (χ4n) is 8.55. The number of fused-ring (bicyclic) bond motifs is 4. The highest BCUT2D eigenvalue weighted by Gasteiger charge is 2.22. The second kappa shape index (κ2) is 14.5. The van der Waals surface area contributed by atoms with E-state index in [0.717, 1.165) is 66.4 Å². The van der Waals surface area contributed by atoms with Crippen molar-refractivity contribution < 1.29 is 0 Å². The van der Waals surface area contributed by atoms with Gasteiger partial charge in [0.15, 0.2) is 17.5 Å². The molecule has 11 aromatic rings. The zero-order valence-electron chi connectivity index (χ0n) is 32.1. The van der Waals surface area contributed by atoms with Gasteiger partial charge in [-0.15, -0.1) is 0 Å². The Morgan fingerprint density at radius 2 is 0.661 bits per heavy atom. The van der Waals surface area contributed by atoms with E-state index in [2.05, 4.69) is 217 Å². The van der Waals surface area contributed by atoms with Crippen LogP contribution in [-0.2, 0) is 0 Å². The number of hydrogen-bond donors (Lipinski definition) is 0. The Hall–Kier alpha value is -7.95. The molecule has 0 bridgehead atoms. The molecule has 0 fully saturated rings. The fourth-order valence-corrected chi connectivity index (χ4v) is 8.55. The summed E-state index contributed by atoms with van der Waals surface area (Å²) in [5, 5.41) is 4.61. The average Bonchev–Trinajstić information content (AvgIpc) is 3.66. The van der Waals surface area contributed by atoms with E-state index in [9.17, 15) is 0 Å². The number of aromatic nitrogens is 4. The maximum absolute atomic E-state index is 5.45. The molecule has 9 aromatic carbocycles. The first-order valence-electron chi connectivity index (χ1n) is 20.0. The highest BCUT2D eigenvalue weighted by Crippen LogP contribution is 2.41. The summed E-state index contributed by atoms with van der Waals surface area (Å²) < 4.78 is 2.37. The predicted octanol–water partition coefficient (Wildman–Crippen LogP) is 14.1. The van der Waals surface area contributed by atoms with Gasteiger partial charge in [0.25, 0.3) is 0 Å². The van der Waals surface area contributed by atoms with E-state index in [0.29, 0.717) is 17.5 Å². The van der Waals surface area contributed by atoms with Crippen LogP contribution in [0.5, 0.6) is 0 Å². The molecule has 4 heteroatoms. The maximum Gasteiger partial charge on any atom is 0.166 e. The molecular weight excluding hydrogens is 717 g/mol. The normalized spacial score (nSPS) is 11.4. The number of nitrogens with zero attached hydrogens (tertiary/aromatic N) is 4. The van der Waals surface area contributed by atoms with Crippen molar-refractivity contribution >= 4 is 32.6 Å². The maximum atomic E-state index is 5.45. The van der Waals surface area contributed by atoms with Crippen molar-refractivity contribution in [2.24, 2.45) is 0 Å². The Labute approximate surface area is 342 Å². The van der Waals surface area contributed by atoms with E-state index >= 15 is 0 Å². The Bertz CT molecular complexity index is 3260. The van der Waals surface area contributed by atoms with Gasteiger partial charge in [-0.2, -0.15) is 0 Å². The van der Waals surface area contributed by atoms with Gasteiger partial charge in [0.2, 0.25) is 0 Å². The van der Waals surface area contributed by atoms with E-state index in [-0.39, 0.29) is 0 Å². The summed E-state index contributed by atoms with van der Waals surface area (Å²) in [5.74, 6) is 1.82. The molecule has 0 aliphatic carbocycles. The third kappa shape index (κ3) is 6.06. The summed E-state index contributed by atoms with van der Waals surface area (Å²) >= 11 is 0. The molecule has 0 saturated heterocycles. The Morgan fingerprint density at radius 3 is 1.27 bits per heavy atom. The van der Waals surface area contributed by atoms with Gasteiger partial charge in [-0.05, 0) is 74.5 Å². The molecule has 276 valence electrons. The van der Waals surface area contributed by atoms with Gasteiger partial charge in [0.1, 0.15) is 0 Å². The second-order valence-corrected chi connectivity index (χ2v) is 14.8. The largest absolute Gasteiger partial charge is 0.308 e. The molecule has 0 N–H and O–H groups in total. The van der Waals surface area contributed by atoms with E-state index in [1.807, 2.05) is 6.07 Å². The standard InChI is InChI=1S/C55H36N4/c1-4-18-37(19-5-1)40-32-33-49(52(36-40)59-50-30-16-14-27-45(50)46-28-15-17-31-51(46)59)55-57-53(47-29-13-10-24-41(47)38-20-6-2-7-21-38)56-54(58-55)48-35-34-42(39-22-8-3-9-23-39)43-25-11-12-26-44(43)48/h1-36H. The molecule has 0 amide bonds. The van der Waals surface area contributed by atoms with Gasteiger partial charge < -0.3 is 4.57 Å². The summed E-state index contributed by atoms with van der Waals surface area (Å²) in [6.07, 6.45) is 0. The molecular formula is C55H36N4. The third-order valence-electron chi connectivity index (χ3n) is 11.3. The summed E-state index contributed by atoms with van der Waals surface area (Å²) in [4.78, 5) is 16.2. The van der Waals surface area contributed by atoms with Crippen LogP contribution in [-0.4, -0.2) is 19.5 Å². The molecule has 0 radical (unpaired) electrons. The van der Waals surface area contributed by atoms with Crippen molar-refractivity contribution in [3.8, 4) is 73.2 Å². The van der Waals surface area contributed by atoms with Crippen LogP contribution >= 0.6 is 0 Å². The van der Waals surface area contributed by atoms with Gasteiger partial charge >= 0.3 is 0 Å². The predicted molar refractivity (Wildman–Crippen MR) is 244 cm³/mol. The van der Waals surface area contributed by atoms with Crippen LogP contribution in [0.25, 0.3) is 106 Å². The van der Waals surface area contributed by atoms with Crippen molar-refractivity contribution in [3.63, 3.8) is 0 Å². The lowest BCUT2D eigenvalue weighted by atomic mass is 9.94. The quantitative estimate of drug-likeness (QED) is 0.163. The zero-order chi connectivity index (χ0) is 39.1. The summed E-state index contributed by atoms with van der Waals surface area (Å²) in [5.41, 5.74) is 12.8. The topological polar surface area (TPSA) is 43.6 Å². The van der Waals surface area contributed by atoms with E-state index in [1.165, 1.54) is 21.9 Å². The summed E-state index contributed by atoms with van der Waals surface area (Å²) in [6, 6.07) is 76.9. The highest BCUT2D eigenvalue weighted by atomic mass is 15.1. The van der Waals surface area contributed by atoms with Crippen molar-refractivity contribution in [1.29, 1.82) is 0 Å². The third-order valence-corrected chi connectivity index (χ3v) is 11.3. The number of rotatable bonds is 7. The summed E-state index contributed by atoms with van der Waals surface area (Å²) in [6.45, 7) is 0. The Morgan fingerprint density at radius 1 is 0.254 bits per heavy atom. The highest BCUT2D eigenvalue weighted by molar-refractivity contribution is 6.10. The van der Waals surface area contributed by atoms with Gasteiger partial charge in [0.05, 0.1) is 16.7 Å². The Balaban J connectivity index is 1.22. The van der Waals surface area contributed by atoms with Crippen molar-refractivity contribution in [2.75, 3.05) is 0 Å². The zero-order valence-corrected chi connectivity index (χ0v) is 32.1. The first-order chi connectivity index (χ1) is 29.3. The molecule has 0 atom stereocenters. The summed E-state index contributed by atoms with van der Waals surface area (Å²) in [7, 11) is 0. The average molecular weight is 753 g/mol. The monoisotopic (exact) mass is 752 g/mol. The lowest BCUT2D eigenvalue weighted by Gasteiger charge is -2.17. The molecule has 2 aromatic heterocycles. The van der Waals surface area contributed by atoms with Crippen LogP contribution in [0.1, 0.15) is 0 Å².